The second kappa shape index (κ2) is 7.46. The monoisotopic (exact) mass is 396 g/mol. The molecule has 0 unspecified atom stereocenters. The Morgan fingerprint density at radius 2 is 2.14 bits per heavy atom. The summed E-state index contributed by atoms with van der Waals surface area (Å²) in [7, 11) is 0. The number of amides is 1. The number of nitrogen functional groups attached to an aromatic ring is 1. The molecule has 9 nitrogen and oxygen atoms in total. The van der Waals surface area contributed by atoms with Crippen molar-refractivity contribution in [1.29, 1.82) is 0 Å². The van der Waals surface area contributed by atoms with Gasteiger partial charge in [0.2, 0.25) is 17.8 Å². The molecule has 1 fully saturated rings. The molecule has 0 saturated carbocycles. The first-order valence-electron chi connectivity index (χ1n) is 9.25. The molecule has 3 heterocycles. The number of pyridine rings is 1. The molecule has 10 heteroatoms. The summed E-state index contributed by atoms with van der Waals surface area (Å²) in [5.74, 6) is 0.689. The maximum Gasteiger partial charge on any atom is 0.239 e. The maximum absolute atomic E-state index is 14.1. The van der Waals surface area contributed by atoms with Crippen molar-refractivity contribution in [3.8, 4) is 0 Å². The van der Waals surface area contributed by atoms with E-state index in [4.69, 9.17) is 10.7 Å². The van der Waals surface area contributed by atoms with Gasteiger partial charge in [0.15, 0.2) is 0 Å². The first-order chi connectivity index (χ1) is 13.9. The van der Waals surface area contributed by atoms with Crippen LogP contribution in [-0.4, -0.2) is 45.5 Å². The molecule has 150 valence electrons. The van der Waals surface area contributed by atoms with E-state index in [1.807, 2.05) is 17.9 Å². The molecule has 1 aliphatic heterocycles. The van der Waals surface area contributed by atoms with Crippen molar-refractivity contribution >= 4 is 34.5 Å². The average Bonchev–Trinajstić information content (AvgIpc) is 2.70. The summed E-state index contributed by atoms with van der Waals surface area (Å²) >= 11 is 0. The summed E-state index contributed by atoms with van der Waals surface area (Å²) < 4.78 is 14.1. The number of aryl methyl sites for hydroxylation is 1. The van der Waals surface area contributed by atoms with Crippen LogP contribution in [0.3, 0.4) is 0 Å². The number of benzene rings is 1. The Labute approximate surface area is 166 Å². The van der Waals surface area contributed by atoms with Gasteiger partial charge in [-0.05, 0) is 32.0 Å². The number of hydrogen-bond acceptors (Lipinski definition) is 8. The molecule has 1 amide bonds. The van der Waals surface area contributed by atoms with Crippen molar-refractivity contribution in [2.45, 2.75) is 19.9 Å². The van der Waals surface area contributed by atoms with Crippen molar-refractivity contribution in [3.05, 3.63) is 41.5 Å². The van der Waals surface area contributed by atoms with Crippen LogP contribution in [0.2, 0.25) is 0 Å². The second-order valence-electron chi connectivity index (χ2n) is 6.95. The molecule has 29 heavy (non-hydrogen) atoms. The molecule has 0 aliphatic carbocycles. The summed E-state index contributed by atoms with van der Waals surface area (Å²) in [6, 6.07) is 4.84. The highest BCUT2D eigenvalue weighted by Crippen LogP contribution is 2.32. The fourth-order valence-corrected chi connectivity index (χ4v) is 3.41. The maximum atomic E-state index is 14.1. The van der Waals surface area contributed by atoms with Crippen LogP contribution in [-0.2, 0) is 4.79 Å². The van der Waals surface area contributed by atoms with Crippen molar-refractivity contribution in [3.63, 3.8) is 0 Å². The van der Waals surface area contributed by atoms with Crippen LogP contribution in [0.15, 0.2) is 24.5 Å². The fourth-order valence-electron chi connectivity index (χ4n) is 3.41. The van der Waals surface area contributed by atoms with Gasteiger partial charge >= 0.3 is 0 Å². The van der Waals surface area contributed by atoms with Crippen molar-refractivity contribution in [2.75, 3.05) is 35.6 Å². The molecular formula is C19H21FN8O. The minimum Gasteiger partial charge on any atom is -0.368 e. The number of nitrogens with zero attached hydrogens (tertiary/aromatic N) is 5. The van der Waals surface area contributed by atoms with Crippen LogP contribution in [0.4, 0.5) is 22.1 Å². The summed E-state index contributed by atoms with van der Waals surface area (Å²) in [4.78, 5) is 30.6. The van der Waals surface area contributed by atoms with E-state index in [0.717, 1.165) is 10.9 Å². The van der Waals surface area contributed by atoms with Crippen LogP contribution < -0.4 is 21.3 Å². The minimum absolute atomic E-state index is 0.0779. The van der Waals surface area contributed by atoms with E-state index in [0.29, 0.717) is 35.9 Å². The van der Waals surface area contributed by atoms with Gasteiger partial charge in [0, 0.05) is 29.6 Å². The molecule has 0 bridgehead atoms. The number of aromatic nitrogens is 4. The first-order valence-corrected chi connectivity index (χ1v) is 9.25. The number of rotatable bonds is 4. The van der Waals surface area contributed by atoms with Gasteiger partial charge in [-0.3, -0.25) is 4.79 Å². The Bertz CT molecular complexity index is 1090. The smallest absolute Gasteiger partial charge is 0.239 e. The SMILES string of the molecule is Cc1c(F)ccc2cc([C@H](C)Nc3ncnc(N)n3)c(N3CCNC(=O)C3)nc12. The molecule has 1 aromatic carbocycles. The zero-order valence-corrected chi connectivity index (χ0v) is 16.1. The second-order valence-corrected chi connectivity index (χ2v) is 6.95. The first kappa shape index (κ1) is 18.8. The molecule has 4 rings (SSSR count). The largest absolute Gasteiger partial charge is 0.368 e. The van der Waals surface area contributed by atoms with Gasteiger partial charge in [-0.2, -0.15) is 4.98 Å². The van der Waals surface area contributed by atoms with Gasteiger partial charge in [-0.25, -0.2) is 19.3 Å². The number of carbonyl (C=O) groups excluding carboxylic acids is 1. The third-order valence-corrected chi connectivity index (χ3v) is 4.92. The topological polar surface area (TPSA) is 122 Å². The number of halogens is 1. The fraction of sp³-hybridized carbons (Fsp3) is 0.316. The van der Waals surface area contributed by atoms with E-state index in [1.54, 1.807) is 13.0 Å². The summed E-state index contributed by atoms with van der Waals surface area (Å²) in [5.41, 5.74) is 7.53. The third kappa shape index (κ3) is 3.73. The third-order valence-electron chi connectivity index (χ3n) is 4.92. The minimum atomic E-state index is -0.313. The number of nitrogens with one attached hydrogen (secondary N) is 2. The Balaban J connectivity index is 1.80. The quantitative estimate of drug-likeness (QED) is 0.607. The predicted molar refractivity (Wildman–Crippen MR) is 108 cm³/mol. The lowest BCUT2D eigenvalue weighted by molar-refractivity contribution is -0.120. The van der Waals surface area contributed by atoms with Gasteiger partial charge in [-0.1, -0.05) is 0 Å². The number of carbonyl (C=O) groups is 1. The molecule has 4 N–H and O–H groups in total. The lowest BCUT2D eigenvalue weighted by Crippen LogP contribution is -2.48. The molecule has 2 aromatic heterocycles. The van der Waals surface area contributed by atoms with Gasteiger partial charge in [0.25, 0.3) is 0 Å². The van der Waals surface area contributed by atoms with E-state index in [1.165, 1.54) is 12.4 Å². The summed E-state index contributed by atoms with van der Waals surface area (Å²) in [6.07, 6.45) is 1.33. The number of hydrogen-bond donors (Lipinski definition) is 3. The van der Waals surface area contributed by atoms with Gasteiger partial charge in [0.1, 0.15) is 18.0 Å². The summed E-state index contributed by atoms with van der Waals surface area (Å²) in [5, 5.41) is 6.82. The Morgan fingerprint density at radius 1 is 1.31 bits per heavy atom. The molecule has 1 aliphatic rings. The van der Waals surface area contributed by atoms with Crippen LogP contribution in [0.25, 0.3) is 10.9 Å². The average molecular weight is 396 g/mol. The molecule has 1 atom stereocenters. The van der Waals surface area contributed by atoms with Crippen LogP contribution in [0, 0.1) is 12.7 Å². The molecule has 0 spiro atoms. The van der Waals surface area contributed by atoms with Crippen LogP contribution >= 0.6 is 0 Å². The highest BCUT2D eigenvalue weighted by atomic mass is 19.1. The van der Waals surface area contributed by atoms with E-state index < -0.39 is 0 Å². The molecule has 0 radical (unpaired) electrons. The number of anilines is 3. The normalized spacial score (nSPS) is 15.3. The highest BCUT2D eigenvalue weighted by molar-refractivity contribution is 5.87. The van der Waals surface area contributed by atoms with Crippen molar-refractivity contribution in [2.24, 2.45) is 0 Å². The Kier molecular flexibility index (Phi) is 4.83. The number of nitrogens with two attached hydrogens (primary N) is 1. The number of piperazine rings is 1. The Morgan fingerprint density at radius 3 is 2.90 bits per heavy atom. The molecule has 3 aromatic rings. The number of fused-ring (bicyclic) bond motifs is 1. The standard InChI is InChI=1S/C19H21FN8O/c1-10-14(20)4-3-12-7-13(11(2)25-19-24-9-23-18(21)27-19)17(26-16(10)12)28-6-5-22-15(29)8-28/h3-4,7,9,11H,5-6,8H2,1-2H3,(H,22,29)(H3,21,23,24,25,27)/t11-/m0/s1. The molecule has 1 saturated heterocycles. The van der Waals surface area contributed by atoms with E-state index >= 15 is 0 Å². The van der Waals surface area contributed by atoms with E-state index in [2.05, 4.69) is 25.6 Å². The van der Waals surface area contributed by atoms with Gasteiger partial charge < -0.3 is 21.3 Å². The van der Waals surface area contributed by atoms with E-state index in [-0.39, 0.29) is 30.3 Å². The summed E-state index contributed by atoms with van der Waals surface area (Å²) in [6.45, 7) is 4.95. The van der Waals surface area contributed by atoms with Crippen molar-refractivity contribution in [1.82, 2.24) is 25.3 Å². The lowest BCUT2D eigenvalue weighted by atomic mass is 10.0. The predicted octanol–water partition coefficient (Wildman–Crippen LogP) is 1.56. The zero-order valence-electron chi connectivity index (χ0n) is 16.1. The lowest BCUT2D eigenvalue weighted by Gasteiger charge is -2.31. The molecular weight excluding hydrogens is 375 g/mol. The Hall–Kier alpha value is -3.56. The highest BCUT2D eigenvalue weighted by Gasteiger charge is 2.24. The zero-order chi connectivity index (χ0) is 20.5. The van der Waals surface area contributed by atoms with Gasteiger partial charge in [0.05, 0.1) is 18.1 Å². The van der Waals surface area contributed by atoms with Gasteiger partial charge in [-0.15, -0.1) is 0 Å². The van der Waals surface area contributed by atoms with Crippen LogP contribution in [0.5, 0.6) is 0 Å². The van der Waals surface area contributed by atoms with Crippen LogP contribution in [0.1, 0.15) is 24.1 Å². The van der Waals surface area contributed by atoms with Crippen molar-refractivity contribution < 1.29 is 9.18 Å². The van der Waals surface area contributed by atoms with E-state index in [9.17, 15) is 9.18 Å².